The Balaban J connectivity index is 2.14. The van der Waals surface area contributed by atoms with Crippen molar-refractivity contribution in [3.63, 3.8) is 0 Å². The lowest BCUT2D eigenvalue weighted by molar-refractivity contribution is 0.0762. The molecule has 1 amide bonds. The summed E-state index contributed by atoms with van der Waals surface area (Å²) in [6.45, 7) is 0. The van der Waals surface area contributed by atoms with E-state index in [2.05, 4.69) is 4.98 Å². The van der Waals surface area contributed by atoms with Crippen molar-refractivity contribution in [2.75, 3.05) is 7.05 Å². The Kier molecular flexibility index (Phi) is 5.06. The number of pyridine rings is 1. The van der Waals surface area contributed by atoms with Gasteiger partial charge in [-0.05, 0) is 17.7 Å². The van der Waals surface area contributed by atoms with E-state index in [1.165, 1.54) is 4.90 Å². The standard InChI is InChI=1S/C16H14ClN2O2/c1-19(16(21)14-8-5-9-15(17)18-14)13(11-20)10-12-6-3-2-4-7-12/h2-9,13H,10H2,1H3/t13-/m0/s1. The molecule has 2 rings (SSSR count). The highest BCUT2D eigenvalue weighted by Crippen LogP contribution is 2.11. The maximum Gasteiger partial charge on any atom is 0.272 e. The third kappa shape index (κ3) is 3.89. The molecule has 1 aromatic carbocycles. The number of carbonyl (C=O) groups excluding carboxylic acids is 2. The van der Waals surface area contributed by atoms with Gasteiger partial charge in [0.1, 0.15) is 16.9 Å². The van der Waals surface area contributed by atoms with E-state index < -0.39 is 6.04 Å². The number of amides is 1. The Morgan fingerprint density at radius 1 is 1.24 bits per heavy atom. The maximum absolute atomic E-state index is 12.3. The second kappa shape index (κ2) is 6.99. The molecule has 0 aliphatic heterocycles. The van der Waals surface area contributed by atoms with Crippen LogP contribution in [0.3, 0.4) is 0 Å². The first kappa shape index (κ1) is 15.2. The van der Waals surface area contributed by atoms with Crippen LogP contribution in [0.1, 0.15) is 16.1 Å². The largest absolute Gasteiger partial charge is 0.329 e. The van der Waals surface area contributed by atoms with Crippen LogP contribution in [0.5, 0.6) is 0 Å². The molecule has 0 unspecified atom stereocenters. The third-order valence-electron chi connectivity index (χ3n) is 3.13. The van der Waals surface area contributed by atoms with Gasteiger partial charge in [0.25, 0.3) is 5.91 Å². The minimum Gasteiger partial charge on any atom is -0.329 e. The summed E-state index contributed by atoms with van der Waals surface area (Å²) in [6, 6.07) is 13.6. The fourth-order valence-corrected chi connectivity index (χ4v) is 2.11. The predicted octanol–water partition coefficient (Wildman–Crippen LogP) is 2.53. The van der Waals surface area contributed by atoms with Gasteiger partial charge >= 0.3 is 0 Å². The summed E-state index contributed by atoms with van der Waals surface area (Å²) >= 11 is 5.78. The van der Waals surface area contributed by atoms with Crippen molar-refractivity contribution in [3.05, 3.63) is 64.9 Å². The van der Waals surface area contributed by atoms with Crippen molar-refractivity contribution >= 4 is 23.8 Å². The molecule has 0 aliphatic carbocycles. The topological polar surface area (TPSA) is 50.3 Å². The van der Waals surface area contributed by atoms with Gasteiger partial charge in [0, 0.05) is 13.5 Å². The zero-order valence-electron chi connectivity index (χ0n) is 11.5. The average molecular weight is 302 g/mol. The number of benzene rings is 1. The van der Waals surface area contributed by atoms with E-state index >= 15 is 0 Å². The van der Waals surface area contributed by atoms with Crippen LogP contribution in [-0.4, -0.2) is 35.2 Å². The molecular weight excluding hydrogens is 288 g/mol. The zero-order valence-corrected chi connectivity index (χ0v) is 12.2. The number of aromatic nitrogens is 1. The van der Waals surface area contributed by atoms with E-state index in [0.717, 1.165) is 5.56 Å². The summed E-state index contributed by atoms with van der Waals surface area (Å²) in [4.78, 5) is 28.8. The summed E-state index contributed by atoms with van der Waals surface area (Å²) in [5.74, 6) is -0.359. The van der Waals surface area contributed by atoms with Gasteiger partial charge < -0.3 is 4.90 Å². The molecule has 0 saturated heterocycles. The van der Waals surface area contributed by atoms with Crippen molar-refractivity contribution < 1.29 is 9.59 Å². The van der Waals surface area contributed by atoms with Crippen LogP contribution >= 0.6 is 11.6 Å². The number of halogens is 1. The number of carbonyl (C=O) groups is 1. The quantitative estimate of drug-likeness (QED) is 0.797. The highest BCUT2D eigenvalue weighted by Gasteiger charge is 2.22. The number of hydrogen-bond donors (Lipinski definition) is 0. The van der Waals surface area contributed by atoms with Crippen LogP contribution in [0.25, 0.3) is 0 Å². The van der Waals surface area contributed by atoms with Crippen molar-refractivity contribution in [1.29, 1.82) is 0 Å². The normalized spacial score (nSPS) is 11.7. The molecule has 4 nitrogen and oxygen atoms in total. The summed E-state index contributed by atoms with van der Waals surface area (Å²) < 4.78 is 0. The van der Waals surface area contributed by atoms with E-state index in [0.29, 0.717) is 6.42 Å². The van der Waals surface area contributed by atoms with Gasteiger partial charge in [-0.1, -0.05) is 48.0 Å². The molecule has 21 heavy (non-hydrogen) atoms. The Labute approximate surface area is 128 Å². The number of nitrogens with zero attached hydrogens (tertiary/aromatic N) is 2. The third-order valence-corrected chi connectivity index (χ3v) is 3.34. The molecule has 0 saturated carbocycles. The van der Waals surface area contributed by atoms with Crippen LogP contribution in [0.4, 0.5) is 0 Å². The predicted molar refractivity (Wildman–Crippen MR) is 81.0 cm³/mol. The van der Waals surface area contributed by atoms with Crippen LogP contribution < -0.4 is 0 Å². The second-order valence-corrected chi connectivity index (χ2v) is 4.97. The summed E-state index contributed by atoms with van der Waals surface area (Å²) in [5, 5.41) is 0.240. The average Bonchev–Trinajstić information content (AvgIpc) is 2.52. The monoisotopic (exact) mass is 301 g/mol. The van der Waals surface area contributed by atoms with Crippen LogP contribution in [-0.2, 0) is 11.2 Å². The molecule has 1 heterocycles. The molecule has 2 aromatic rings. The van der Waals surface area contributed by atoms with Crippen molar-refractivity contribution in [1.82, 2.24) is 9.88 Å². The Bertz CT molecular complexity index is 631. The molecule has 0 spiro atoms. The smallest absolute Gasteiger partial charge is 0.272 e. The molecule has 5 heteroatoms. The van der Waals surface area contributed by atoms with Gasteiger partial charge in [-0.15, -0.1) is 0 Å². The SMILES string of the molecule is CN(C(=O)c1cccc(Cl)n1)[C@H]([C]=O)Cc1ccccc1. The van der Waals surface area contributed by atoms with Crippen molar-refractivity contribution in [3.8, 4) is 0 Å². The zero-order chi connectivity index (χ0) is 15.2. The van der Waals surface area contributed by atoms with Gasteiger partial charge in [-0.3, -0.25) is 9.59 Å². The molecule has 0 bridgehead atoms. The Morgan fingerprint density at radius 2 is 1.95 bits per heavy atom. The Hall–Kier alpha value is -2.20. The first-order valence-corrected chi connectivity index (χ1v) is 6.81. The fourth-order valence-electron chi connectivity index (χ4n) is 1.94. The molecule has 0 aliphatic rings. The van der Waals surface area contributed by atoms with E-state index in [1.54, 1.807) is 25.2 Å². The highest BCUT2D eigenvalue weighted by molar-refractivity contribution is 6.29. The first-order valence-electron chi connectivity index (χ1n) is 6.43. The minimum atomic E-state index is -0.666. The van der Waals surface area contributed by atoms with Gasteiger partial charge in [0.05, 0.1) is 0 Å². The second-order valence-electron chi connectivity index (χ2n) is 4.58. The summed E-state index contributed by atoms with van der Waals surface area (Å²) in [5.41, 5.74) is 1.17. The lowest BCUT2D eigenvalue weighted by Gasteiger charge is -2.23. The number of likely N-dealkylation sites (N-methyl/N-ethyl adjacent to an activating group) is 1. The first-order chi connectivity index (χ1) is 10.1. The van der Waals surface area contributed by atoms with E-state index in [4.69, 9.17) is 11.6 Å². The van der Waals surface area contributed by atoms with Crippen LogP contribution in [0, 0.1) is 0 Å². The van der Waals surface area contributed by atoms with Crippen LogP contribution in [0.15, 0.2) is 48.5 Å². The number of rotatable bonds is 5. The van der Waals surface area contributed by atoms with E-state index in [1.807, 2.05) is 36.6 Å². The molecule has 1 aromatic heterocycles. The molecular formula is C16H14ClN2O2. The van der Waals surface area contributed by atoms with Gasteiger partial charge in [-0.25, -0.2) is 4.98 Å². The molecule has 1 radical (unpaired) electrons. The Morgan fingerprint density at radius 3 is 2.57 bits per heavy atom. The van der Waals surface area contributed by atoms with Crippen molar-refractivity contribution in [2.45, 2.75) is 12.5 Å². The van der Waals surface area contributed by atoms with E-state index in [-0.39, 0.29) is 16.8 Å². The number of hydrogen-bond acceptors (Lipinski definition) is 3. The van der Waals surface area contributed by atoms with Gasteiger partial charge in [-0.2, -0.15) is 0 Å². The molecule has 0 fully saturated rings. The van der Waals surface area contributed by atoms with Crippen molar-refractivity contribution in [2.24, 2.45) is 0 Å². The highest BCUT2D eigenvalue weighted by atomic mass is 35.5. The lowest BCUT2D eigenvalue weighted by atomic mass is 10.1. The lowest BCUT2D eigenvalue weighted by Crippen LogP contribution is -2.40. The molecule has 107 valence electrons. The van der Waals surface area contributed by atoms with Gasteiger partial charge in [0.2, 0.25) is 6.29 Å². The maximum atomic E-state index is 12.3. The molecule has 1 atom stereocenters. The van der Waals surface area contributed by atoms with E-state index in [9.17, 15) is 9.59 Å². The summed E-state index contributed by atoms with van der Waals surface area (Å²) in [6.07, 6.45) is 2.32. The summed E-state index contributed by atoms with van der Waals surface area (Å²) in [7, 11) is 1.56. The fraction of sp³-hybridized carbons (Fsp3) is 0.188. The molecule has 0 N–H and O–H groups in total. The van der Waals surface area contributed by atoms with Crippen LogP contribution in [0.2, 0.25) is 5.15 Å². The van der Waals surface area contributed by atoms with Gasteiger partial charge in [0.15, 0.2) is 0 Å². The minimum absolute atomic E-state index is 0.207.